The van der Waals surface area contributed by atoms with Crippen LogP contribution in [0.2, 0.25) is 5.02 Å². The minimum Gasteiger partial charge on any atom is -0.464 e. The number of thiazole rings is 1. The number of carbonyl (C=O) groups is 2. The number of nitriles is 2. The molecule has 0 aliphatic carbocycles. The maximum atomic E-state index is 12.4. The summed E-state index contributed by atoms with van der Waals surface area (Å²) in [5.74, 6) is -0.533. The first-order valence-electron chi connectivity index (χ1n) is 15.4. The molecule has 12 nitrogen and oxygen atoms in total. The summed E-state index contributed by atoms with van der Waals surface area (Å²) in [6.07, 6.45) is 4.49. The molecule has 50 heavy (non-hydrogen) atoms. The Hall–Kier alpha value is -5.25. The van der Waals surface area contributed by atoms with Crippen molar-refractivity contribution in [2.75, 3.05) is 12.3 Å². The van der Waals surface area contributed by atoms with E-state index < -0.39 is 24.0 Å². The summed E-state index contributed by atoms with van der Waals surface area (Å²) in [4.78, 5) is 40.7. The van der Waals surface area contributed by atoms with Gasteiger partial charge in [-0.3, -0.25) is 4.79 Å². The molecule has 0 bridgehead atoms. The number of hydrogen-bond acceptors (Lipinski definition) is 12. The van der Waals surface area contributed by atoms with Gasteiger partial charge in [0.15, 0.2) is 0 Å². The second-order valence-corrected chi connectivity index (χ2v) is 13.4. The van der Waals surface area contributed by atoms with E-state index in [-0.39, 0.29) is 30.0 Å². The van der Waals surface area contributed by atoms with Gasteiger partial charge in [-0.25, -0.2) is 19.7 Å². The lowest BCUT2D eigenvalue weighted by atomic mass is 9.95. The van der Waals surface area contributed by atoms with Crippen molar-refractivity contribution in [3.05, 3.63) is 99.5 Å². The predicted molar refractivity (Wildman–Crippen MR) is 193 cm³/mol. The molecule has 2 aromatic carbocycles. The molecule has 5 rings (SSSR count). The zero-order valence-electron chi connectivity index (χ0n) is 26.9. The minimum atomic E-state index is -0.859. The van der Waals surface area contributed by atoms with Crippen LogP contribution in [0.4, 0.5) is 5.82 Å². The lowest BCUT2D eigenvalue weighted by Crippen LogP contribution is -2.48. The highest BCUT2D eigenvalue weighted by Crippen LogP contribution is 2.37. The summed E-state index contributed by atoms with van der Waals surface area (Å²) in [6.45, 7) is 1.69. The highest BCUT2D eigenvalue weighted by atomic mass is 35.5. The van der Waals surface area contributed by atoms with E-state index in [9.17, 15) is 20.1 Å². The maximum Gasteiger partial charge on any atom is 0.328 e. The largest absolute Gasteiger partial charge is 0.464 e. The van der Waals surface area contributed by atoms with Gasteiger partial charge < -0.3 is 26.5 Å². The number of benzene rings is 2. The van der Waals surface area contributed by atoms with E-state index in [4.69, 9.17) is 32.8 Å². The van der Waals surface area contributed by atoms with E-state index >= 15 is 0 Å². The van der Waals surface area contributed by atoms with E-state index in [0.29, 0.717) is 45.5 Å². The van der Waals surface area contributed by atoms with Crippen LogP contribution in [0.5, 0.6) is 0 Å². The third kappa shape index (κ3) is 9.05. The Labute approximate surface area is 301 Å². The van der Waals surface area contributed by atoms with Crippen LogP contribution >= 0.6 is 34.7 Å². The summed E-state index contributed by atoms with van der Waals surface area (Å²) in [7, 11) is 0. The van der Waals surface area contributed by atoms with E-state index in [0.717, 1.165) is 21.8 Å². The zero-order valence-corrected chi connectivity index (χ0v) is 29.2. The number of H-pyrrole nitrogens is 1. The zero-order chi connectivity index (χ0) is 35.6. The minimum absolute atomic E-state index is 0.0419. The number of thioether (sulfide) groups is 1. The number of aromatic amines is 1. The number of ether oxygens (including phenoxy) is 1. The van der Waals surface area contributed by atoms with Gasteiger partial charge in [-0.1, -0.05) is 59.8 Å². The summed E-state index contributed by atoms with van der Waals surface area (Å²) in [5, 5.41) is 26.6. The molecule has 0 fully saturated rings. The van der Waals surface area contributed by atoms with E-state index in [1.807, 2.05) is 53.9 Å². The highest BCUT2D eigenvalue weighted by Gasteiger charge is 2.23. The smallest absolute Gasteiger partial charge is 0.328 e. The maximum absolute atomic E-state index is 12.4. The number of nitrogen functional groups attached to an aromatic ring is 1. The number of hydrogen-bond donors (Lipinski definition) is 4. The lowest BCUT2D eigenvalue weighted by Gasteiger charge is -2.16. The molecule has 0 unspecified atom stereocenters. The third-order valence-electron chi connectivity index (χ3n) is 7.56. The number of rotatable bonds is 14. The number of aryl methyl sites for hydroxylation is 1. The third-order valence-corrected chi connectivity index (χ3v) is 9.76. The number of amides is 1. The van der Waals surface area contributed by atoms with Crippen LogP contribution in [0.1, 0.15) is 41.4 Å². The molecule has 15 heteroatoms. The normalized spacial score (nSPS) is 12.0. The topological polar surface area (TPSA) is 209 Å². The quantitative estimate of drug-likeness (QED) is 0.0645. The molecule has 2 atom stereocenters. The Balaban J connectivity index is 1.17. The molecule has 0 aliphatic rings. The van der Waals surface area contributed by atoms with Crippen LogP contribution in [-0.2, 0) is 32.9 Å². The molecule has 0 radical (unpaired) electrons. The Kier molecular flexibility index (Phi) is 12.2. The average molecular weight is 726 g/mol. The first kappa shape index (κ1) is 36.0. The van der Waals surface area contributed by atoms with Crippen LogP contribution in [-0.4, -0.2) is 50.5 Å². The van der Waals surface area contributed by atoms with Crippen molar-refractivity contribution < 1.29 is 14.3 Å². The summed E-state index contributed by atoms with van der Waals surface area (Å²) >= 11 is 8.85. The van der Waals surface area contributed by atoms with Crippen molar-refractivity contribution in [3.63, 3.8) is 0 Å². The number of nitrogens with two attached hydrogens (primary N) is 2. The first-order chi connectivity index (χ1) is 24.2. The summed E-state index contributed by atoms with van der Waals surface area (Å²) < 4.78 is 5.36. The fourth-order valence-corrected chi connectivity index (χ4v) is 6.89. The molecule has 0 aliphatic heterocycles. The summed E-state index contributed by atoms with van der Waals surface area (Å²) in [6, 6.07) is 17.5. The Morgan fingerprint density at radius 1 is 1.08 bits per heavy atom. The van der Waals surface area contributed by atoms with Gasteiger partial charge in [0.2, 0.25) is 5.91 Å². The van der Waals surface area contributed by atoms with Gasteiger partial charge in [-0.2, -0.15) is 10.5 Å². The monoisotopic (exact) mass is 725 g/mol. The second-order valence-electron chi connectivity index (χ2n) is 11.2. The van der Waals surface area contributed by atoms with Crippen molar-refractivity contribution in [1.82, 2.24) is 25.3 Å². The average Bonchev–Trinajstić information content (AvgIpc) is 3.82. The lowest BCUT2D eigenvalue weighted by molar-refractivity contribution is -0.147. The van der Waals surface area contributed by atoms with Gasteiger partial charge in [0.1, 0.15) is 39.6 Å². The van der Waals surface area contributed by atoms with Crippen molar-refractivity contribution in [3.8, 4) is 33.8 Å². The van der Waals surface area contributed by atoms with Crippen molar-refractivity contribution >= 4 is 52.4 Å². The highest BCUT2D eigenvalue weighted by molar-refractivity contribution is 7.98. The van der Waals surface area contributed by atoms with Gasteiger partial charge in [0.25, 0.3) is 0 Å². The number of anilines is 1. The van der Waals surface area contributed by atoms with Crippen LogP contribution in [0, 0.1) is 22.7 Å². The van der Waals surface area contributed by atoms with Crippen LogP contribution in [0.25, 0.3) is 21.7 Å². The van der Waals surface area contributed by atoms with Crippen LogP contribution in [0.15, 0.2) is 71.5 Å². The number of nitrogens with one attached hydrogen (secondary N) is 2. The van der Waals surface area contributed by atoms with Gasteiger partial charge in [0, 0.05) is 45.6 Å². The first-order valence-corrected chi connectivity index (χ1v) is 17.7. The number of nitrogens with zero attached hydrogens (tertiary/aromatic N) is 5. The van der Waals surface area contributed by atoms with E-state index in [1.54, 1.807) is 13.1 Å². The van der Waals surface area contributed by atoms with Gasteiger partial charge in [-0.15, -0.1) is 11.3 Å². The van der Waals surface area contributed by atoms with Crippen molar-refractivity contribution in [2.45, 2.75) is 49.0 Å². The molecule has 0 spiro atoms. The number of esters is 1. The number of halogens is 1. The number of aromatic nitrogens is 4. The predicted octanol–water partition coefficient (Wildman–Crippen LogP) is 5.42. The molecule has 0 saturated carbocycles. The number of pyridine rings is 1. The second kappa shape index (κ2) is 16.9. The van der Waals surface area contributed by atoms with E-state index in [1.165, 1.54) is 29.4 Å². The molecule has 1 amide bonds. The molecule has 3 heterocycles. The molecule has 5 aromatic rings. The SMILES string of the molecule is C[C@H](NC(=O)[C@@H](N)Cc1cnc[nH]1)C(=O)OCCCc1ccc(-c2c(C#N)c(N)nc(SCc3csc(-c4ccc(Cl)cc4)n3)c2C#N)cc1. The fourth-order valence-electron chi connectivity index (χ4n) is 4.95. The molecule has 0 saturated heterocycles. The van der Waals surface area contributed by atoms with Crippen molar-refractivity contribution in [1.29, 1.82) is 10.5 Å². The molecular weight excluding hydrogens is 694 g/mol. The number of carbonyl (C=O) groups excluding carboxylic acids is 2. The van der Waals surface area contributed by atoms with Crippen molar-refractivity contribution in [2.24, 2.45) is 5.73 Å². The fraction of sp³-hybridized carbons (Fsp3) is 0.229. The molecule has 254 valence electrons. The van der Waals surface area contributed by atoms with Crippen LogP contribution < -0.4 is 16.8 Å². The van der Waals surface area contributed by atoms with Crippen LogP contribution in [0.3, 0.4) is 0 Å². The molecule has 6 N–H and O–H groups in total. The summed E-state index contributed by atoms with van der Waals surface area (Å²) in [5.41, 5.74) is 17.1. The standard InChI is InChI=1S/C35H32ClN9O3S2/c1-20(43-32(46)29(39)13-25-16-41-19-42-25)35(47)48-12-2-3-21-4-6-22(7-5-21)30-27(14-37)31(40)45-34(28(30)15-38)50-18-26-17-49-33(44-26)23-8-10-24(36)11-9-23/h4-11,16-17,19-20,29H,2-3,12-13,18,39H2,1H3,(H2,40,45)(H,41,42)(H,43,46)/t20-,29-/m0/s1. The van der Waals surface area contributed by atoms with Gasteiger partial charge in [-0.05, 0) is 43.0 Å². The Morgan fingerprint density at radius 2 is 1.80 bits per heavy atom. The van der Waals surface area contributed by atoms with Gasteiger partial charge in [0.05, 0.1) is 30.2 Å². The Bertz CT molecular complexity index is 2040. The van der Waals surface area contributed by atoms with E-state index in [2.05, 4.69) is 32.4 Å². The Morgan fingerprint density at radius 3 is 2.48 bits per heavy atom. The number of imidazole rings is 1. The van der Waals surface area contributed by atoms with Gasteiger partial charge >= 0.3 is 5.97 Å². The molecular formula is C35H32ClN9O3S2. The molecule has 3 aromatic heterocycles.